The molecule has 110 valence electrons. The first-order valence-electron chi connectivity index (χ1n) is 7.05. The lowest BCUT2D eigenvalue weighted by molar-refractivity contribution is 0.214. The van der Waals surface area contributed by atoms with Gasteiger partial charge in [-0.25, -0.2) is 9.78 Å². The Morgan fingerprint density at radius 1 is 1.24 bits per heavy atom. The highest BCUT2D eigenvalue weighted by atomic mass is 32.1. The molecule has 0 saturated heterocycles. The number of hydrogen-bond donors (Lipinski definition) is 2. The molecule has 6 heteroatoms. The van der Waals surface area contributed by atoms with Gasteiger partial charge in [0.1, 0.15) is 0 Å². The van der Waals surface area contributed by atoms with Crippen molar-refractivity contribution in [1.29, 1.82) is 0 Å². The van der Waals surface area contributed by atoms with E-state index in [1.807, 2.05) is 18.2 Å². The maximum absolute atomic E-state index is 11.9. The van der Waals surface area contributed by atoms with E-state index in [2.05, 4.69) is 15.6 Å². The number of aromatic nitrogens is 1. The van der Waals surface area contributed by atoms with E-state index in [9.17, 15) is 4.79 Å². The second kappa shape index (κ2) is 6.58. The van der Waals surface area contributed by atoms with Crippen LogP contribution in [0.1, 0.15) is 25.7 Å². The molecule has 0 spiro atoms. The summed E-state index contributed by atoms with van der Waals surface area (Å²) < 4.78 is 5.29. The van der Waals surface area contributed by atoms with Crippen molar-refractivity contribution in [3.63, 3.8) is 0 Å². The highest BCUT2D eigenvalue weighted by molar-refractivity contribution is 7.14. The molecule has 1 aromatic carbocycles. The molecule has 1 aromatic heterocycles. The molecule has 1 fully saturated rings. The summed E-state index contributed by atoms with van der Waals surface area (Å²) in [6.45, 7) is 0. The average Bonchev–Trinajstić information content (AvgIpc) is 3.13. The molecule has 0 unspecified atom stereocenters. The van der Waals surface area contributed by atoms with Gasteiger partial charge >= 0.3 is 6.09 Å². The fourth-order valence-corrected chi connectivity index (χ4v) is 3.10. The molecule has 2 aromatic rings. The quantitative estimate of drug-likeness (QED) is 0.892. The summed E-state index contributed by atoms with van der Waals surface area (Å²) in [5.41, 5.74) is 2.38. The smallest absolute Gasteiger partial charge is 0.388 e. The molecular formula is C15H17N3O2S. The number of nitrogens with one attached hydrogen (secondary N) is 2. The maximum Gasteiger partial charge on any atom is 0.418 e. The fourth-order valence-electron chi connectivity index (χ4n) is 2.41. The largest absolute Gasteiger partial charge is 0.418 e. The predicted molar refractivity (Wildman–Crippen MR) is 84.1 cm³/mol. The summed E-state index contributed by atoms with van der Waals surface area (Å²) >= 11 is 1.46. The van der Waals surface area contributed by atoms with Gasteiger partial charge in [-0.1, -0.05) is 31.0 Å². The number of ether oxygens (including phenoxy) is 1. The summed E-state index contributed by atoms with van der Waals surface area (Å²) in [7, 11) is 0. The molecule has 5 nitrogen and oxygen atoms in total. The average molecular weight is 303 g/mol. The number of hydrogen-bond acceptors (Lipinski definition) is 5. The van der Waals surface area contributed by atoms with Crippen molar-refractivity contribution < 1.29 is 9.53 Å². The molecule has 0 atom stereocenters. The normalized spacial score (nSPS) is 14.9. The molecule has 0 aliphatic heterocycles. The first-order chi connectivity index (χ1) is 10.3. The maximum atomic E-state index is 11.9. The van der Waals surface area contributed by atoms with Crippen LogP contribution in [0.3, 0.4) is 0 Å². The van der Waals surface area contributed by atoms with Gasteiger partial charge in [0.25, 0.3) is 5.88 Å². The van der Waals surface area contributed by atoms with Gasteiger partial charge in [0.2, 0.25) is 0 Å². The number of anilines is 2. The molecule has 2 N–H and O–H groups in total. The van der Waals surface area contributed by atoms with E-state index in [0.29, 0.717) is 17.6 Å². The molecule has 1 amide bonds. The van der Waals surface area contributed by atoms with Crippen LogP contribution >= 0.6 is 11.3 Å². The summed E-state index contributed by atoms with van der Waals surface area (Å²) in [5.74, 6) is 0.348. The van der Waals surface area contributed by atoms with E-state index < -0.39 is 6.09 Å². The van der Waals surface area contributed by atoms with Gasteiger partial charge in [0.15, 0.2) is 5.00 Å². The van der Waals surface area contributed by atoms with E-state index in [1.54, 1.807) is 17.6 Å². The molecule has 1 heterocycles. The second-order valence-electron chi connectivity index (χ2n) is 4.99. The zero-order valence-electron chi connectivity index (χ0n) is 11.5. The van der Waals surface area contributed by atoms with Gasteiger partial charge in [-0.05, 0) is 25.0 Å². The van der Waals surface area contributed by atoms with Crippen LogP contribution in [0.25, 0.3) is 0 Å². The van der Waals surface area contributed by atoms with Crippen molar-refractivity contribution in [2.45, 2.75) is 31.7 Å². The number of rotatable bonds is 4. The van der Waals surface area contributed by atoms with E-state index in [0.717, 1.165) is 17.8 Å². The van der Waals surface area contributed by atoms with Gasteiger partial charge in [0.05, 0.1) is 5.51 Å². The van der Waals surface area contributed by atoms with E-state index in [1.165, 1.54) is 24.2 Å². The first kappa shape index (κ1) is 13.9. The van der Waals surface area contributed by atoms with Crippen LogP contribution in [0.4, 0.5) is 15.5 Å². The Morgan fingerprint density at radius 2 is 2.00 bits per heavy atom. The minimum absolute atomic E-state index is 0.348. The lowest BCUT2D eigenvalue weighted by atomic mass is 10.2. The van der Waals surface area contributed by atoms with E-state index in [-0.39, 0.29) is 0 Å². The second-order valence-corrected chi connectivity index (χ2v) is 5.85. The van der Waals surface area contributed by atoms with Gasteiger partial charge in [-0.2, -0.15) is 0 Å². The molecule has 1 aliphatic carbocycles. The van der Waals surface area contributed by atoms with Crippen LogP contribution in [0, 0.1) is 0 Å². The molecule has 1 saturated carbocycles. The zero-order valence-corrected chi connectivity index (χ0v) is 12.4. The van der Waals surface area contributed by atoms with Crippen molar-refractivity contribution in [3.8, 4) is 5.88 Å². The highest BCUT2D eigenvalue weighted by Crippen LogP contribution is 2.31. The lowest BCUT2D eigenvalue weighted by Crippen LogP contribution is -2.19. The summed E-state index contributed by atoms with van der Waals surface area (Å²) in [4.78, 5) is 16.0. The Bertz CT molecular complexity index is 594. The lowest BCUT2D eigenvalue weighted by Gasteiger charge is -2.12. The Balaban J connectivity index is 1.59. The topological polar surface area (TPSA) is 63.2 Å². The van der Waals surface area contributed by atoms with Crippen molar-refractivity contribution in [3.05, 3.63) is 35.8 Å². The van der Waals surface area contributed by atoms with Gasteiger partial charge in [-0.3, -0.25) is 5.32 Å². The number of carbonyl (C=O) groups is 1. The Morgan fingerprint density at radius 3 is 2.76 bits per heavy atom. The summed E-state index contributed by atoms with van der Waals surface area (Å²) in [6.07, 6.45) is 4.30. The van der Waals surface area contributed by atoms with E-state index >= 15 is 0 Å². The van der Waals surface area contributed by atoms with Gasteiger partial charge in [0, 0.05) is 11.7 Å². The number of amides is 1. The number of nitrogens with zero attached hydrogens (tertiary/aromatic N) is 1. The third-order valence-corrected chi connectivity index (χ3v) is 4.17. The Kier molecular flexibility index (Phi) is 4.35. The minimum Gasteiger partial charge on any atom is -0.388 e. The first-order valence-corrected chi connectivity index (χ1v) is 7.93. The summed E-state index contributed by atoms with van der Waals surface area (Å²) in [5, 5.41) is 6.91. The zero-order chi connectivity index (χ0) is 14.5. The molecule has 21 heavy (non-hydrogen) atoms. The molecule has 0 bridgehead atoms. The summed E-state index contributed by atoms with van der Waals surface area (Å²) in [6, 6.07) is 9.67. The van der Waals surface area contributed by atoms with Crippen LogP contribution in [0.5, 0.6) is 5.88 Å². The molecule has 0 radical (unpaired) electrons. The highest BCUT2D eigenvalue weighted by Gasteiger charge is 2.19. The third-order valence-electron chi connectivity index (χ3n) is 3.43. The predicted octanol–water partition coefficient (Wildman–Crippen LogP) is 4.11. The number of carbonyl (C=O) groups excluding carboxylic acids is 1. The minimum atomic E-state index is -0.526. The Hall–Kier alpha value is -2.08. The van der Waals surface area contributed by atoms with Crippen molar-refractivity contribution in [1.82, 2.24) is 4.98 Å². The van der Waals surface area contributed by atoms with Crippen molar-refractivity contribution in [2.24, 2.45) is 0 Å². The Labute approximate surface area is 127 Å². The molecular weight excluding hydrogens is 286 g/mol. The van der Waals surface area contributed by atoms with Crippen LogP contribution in [0.2, 0.25) is 0 Å². The van der Waals surface area contributed by atoms with Crippen LogP contribution in [0.15, 0.2) is 35.8 Å². The third kappa shape index (κ3) is 3.72. The van der Waals surface area contributed by atoms with Crippen molar-refractivity contribution >= 4 is 28.1 Å². The van der Waals surface area contributed by atoms with E-state index in [4.69, 9.17) is 4.74 Å². The van der Waals surface area contributed by atoms with Crippen LogP contribution in [-0.2, 0) is 0 Å². The number of thiazole rings is 1. The van der Waals surface area contributed by atoms with Gasteiger partial charge < -0.3 is 10.1 Å². The monoisotopic (exact) mass is 303 g/mol. The van der Waals surface area contributed by atoms with Crippen LogP contribution in [-0.4, -0.2) is 17.1 Å². The SMILES string of the molecule is O=C(Nc1ccccc1)Oc1ncsc1NC1CCCC1. The van der Waals surface area contributed by atoms with Crippen LogP contribution < -0.4 is 15.4 Å². The molecule has 3 rings (SSSR count). The number of benzene rings is 1. The van der Waals surface area contributed by atoms with Gasteiger partial charge in [-0.15, -0.1) is 11.3 Å². The molecule has 1 aliphatic rings. The number of para-hydroxylation sites is 1. The van der Waals surface area contributed by atoms with Crippen molar-refractivity contribution in [2.75, 3.05) is 10.6 Å². The standard InChI is InChI=1S/C15H17N3O2S/c19-15(18-12-6-2-1-3-7-12)20-13-14(21-10-16-13)17-11-8-4-5-9-11/h1-3,6-7,10-11,17H,4-5,8-9H2,(H,18,19). The fraction of sp³-hybridized carbons (Fsp3) is 0.333.